The molecule has 2 N–H and O–H groups in total. The molecule has 1 aromatic heterocycles. The molecule has 7 rings (SSSR count). The van der Waals surface area contributed by atoms with Gasteiger partial charge >= 0.3 is 0 Å². The van der Waals surface area contributed by atoms with Gasteiger partial charge in [0.2, 0.25) is 10.0 Å². The molecule has 0 bridgehead atoms. The van der Waals surface area contributed by atoms with Gasteiger partial charge in [0.25, 0.3) is 0 Å². The number of fused-ring (bicyclic) bond motifs is 1. The molecular formula is C39H36N2O5S3. The molecule has 0 radical (unpaired) electrons. The Bertz CT molecular complexity index is 2090. The van der Waals surface area contributed by atoms with Crippen LogP contribution in [0.25, 0.3) is 21.3 Å². The van der Waals surface area contributed by atoms with Crippen LogP contribution >= 0.6 is 23.1 Å². The SMILES string of the molecule is C[C@@H]1[C@H](CSc2nc3ccccc3s2)O[C@H](c2ccc(-c3cccc(CNS(=O)(=O)c4ccccc4)c3)cc2)O[C@@H]1c1ccc(CO)cc1. The molecule has 0 saturated carbocycles. The molecule has 4 atom stereocenters. The van der Waals surface area contributed by atoms with Crippen LogP contribution in [-0.2, 0) is 32.6 Å². The number of thiazole rings is 1. The number of aliphatic hydroxyl groups excluding tert-OH is 1. The standard InChI is InChI=1S/C39H36N2O5S3/c1-26-35(25-47-39-41-34-12-5-6-13-36(34)48-39)45-38(46-37(26)30-16-14-27(24-42)15-17-30)31-20-18-29(19-21-31)32-9-7-8-28(22-32)23-40-49(43,44)33-10-3-2-4-11-33/h2-22,26,35,37-38,40,42H,23-25H2,1H3/t26-,35+,37+,38+/m1/s1. The van der Waals surface area contributed by atoms with Gasteiger partial charge in [-0.3, -0.25) is 0 Å². The number of hydrogen-bond donors (Lipinski definition) is 2. The largest absolute Gasteiger partial charge is 0.392 e. The van der Waals surface area contributed by atoms with E-state index in [-0.39, 0.29) is 36.2 Å². The first-order valence-corrected chi connectivity index (χ1v) is 19.4. The molecule has 0 aliphatic carbocycles. The third-order valence-electron chi connectivity index (χ3n) is 8.73. The molecule has 49 heavy (non-hydrogen) atoms. The Kier molecular flexibility index (Phi) is 10.2. The monoisotopic (exact) mass is 708 g/mol. The zero-order chi connectivity index (χ0) is 33.8. The second-order valence-electron chi connectivity index (χ2n) is 12.0. The van der Waals surface area contributed by atoms with E-state index in [1.54, 1.807) is 53.4 Å². The summed E-state index contributed by atoms with van der Waals surface area (Å²) < 4.78 is 43.7. The van der Waals surface area contributed by atoms with Crippen molar-refractivity contribution in [1.82, 2.24) is 9.71 Å². The van der Waals surface area contributed by atoms with Crippen molar-refractivity contribution in [2.45, 2.75) is 47.8 Å². The number of para-hydroxylation sites is 1. The minimum absolute atomic E-state index is 0.00686. The highest BCUT2D eigenvalue weighted by Crippen LogP contribution is 2.43. The maximum absolute atomic E-state index is 12.7. The topological polar surface area (TPSA) is 97.8 Å². The molecule has 250 valence electrons. The molecule has 2 heterocycles. The molecule has 6 aromatic rings. The number of rotatable bonds is 11. The maximum atomic E-state index is 12.7. The van der Waals surface area contributed by atoms with Gasteiger partial charge in [0, 0.05) is 23.8 Å². The molecule has 5 aromatic carbocycles. The summed E-state index contributed by atoms with van der Waals surface area (Å²) in [5.74, 6) is 0.796. The van der Waals surface area contributed by atoms with Gasteiger partial charge in [-0.2, -0.15) is 0 Å². The van der Waals surface area contributed by atoms with Crippen LogP contribution in [0.5, 0.6) is 0 Å². The Balaban J connectivity index is 1.08. The lowest BCUT2D eigenvalue weighted by Crippen LogP contribution is -2.38. The molecular weight excluding hydrogens is 673 g/mol. The summed E-state index contributed by atoms with van der Waals surface area (Å²) >= 11 is 3.41. The minimum Gasteiger partial charge on any atom is -0.392 e. The fraction of sp³-hybridized carbons (Fsp3) is 0.205. The van der Waals surface area contributed by atoms with Gasteiger partial charge in [0.1, 0.15) is 0 Å². The van der Waals surface area contributed by atoms with E-state index in [0.29, 0.717) is 0 Å². The second kappa shape index (κ2) is 14.9. The normalized spacial score (nSPS) is 19.6. The molecule has 1 fully saturated rings. The van der Waals surface area contributed by atoms with Crippen LogP contribution in [0, 0.1) is 5.92 Å². The number of aromatic nitrogens is 1. The van der Waals surface area contributed by atoms with Gasteiger partial charge in [0.05, 0.1) is 33.9 Å². The summed E-state index contributed by atoms with van der Waals surface area (Å²) in [5.41, 5.74) is 6.66. The van der Waals surface area contributed by atoms with E-state index in [4.69, 9.17) is 14.5 Å². The third-order valence-corrected chi connectivity index (χ3v) is 12.4. The van der Waals surface area contributed by atoms with E-state index in [0.717, 1.165) is 49.0 Å². The van der Waals surface area contributed by atoms with Crippen molar-refractivity contribution >= 4 is 43.3 Å². The smallest absolute Gasteiger partial charge is 0.240 e. The second-order valence-corrected chi connectivity index (χ2v) is 16.1. The minimum atomic E-state index is -3.61. The summed E-state index contributed by atoms with van der Waals surface area (Å²) in [4.78, 5) is 5.06. The number of sulfonamides is 1. The van der Waals surface area contributed by atoms with Crippen LogP contribution in [0.2, 0.25) is 0 Å². The fourth-order valence-corrected chi connectivity index (χ4v) is 9.23. The number of benzene rings is 5. The van der Waals surface area contributed by atoms with Crippen LogP contribution in [-0.4, -0.2) is 30.4 Å². The molecule has 0 unspecified atom stereocenters. The van der Waals surface area contributed by atoms with E-state index in [2.05, 4.69) is 17.7 Å². The summed E-state index contributed by atoms with van der Waals surface area (Å²) in [6.45, 7) is 2.34. The molecule has 1 aliphatic heterocycles. The van der Waals surface area contributed by atoms with Gasteiger partial charge in [-0.05, 0) is 58.1 Å². The lowest BCUT2D eigenvalue weighted by atomic mass is 9.91. The van der Waals surface area contributed by atoms with Crippen molar-refractivity contribution < 1.29 is 23.0 Å². The predicted octanol–water partition coefficient (Wildman–Crippen LogP) is 8.52. The average Bonchev–Trinajstić information content (AvgIpc) is 3.57. The molecule has 1 aliphatic rings. The first kappa shape index (κ1) is 33.6. The van der Waals surface area contributed by atoms with Gasteiger partial charge < -0.3 is 14.6 Å². The number of nitrogens with zero attached hydrogens (tertiary/aromatic N) is 1. The summed E-state index contributed by atoms with van der Waals surface area (Å²) in [6, 6.07) is 40.5. The van der Waals surface area contributed by atoms with Gasteiger partial charge in [-0.25, -0.2) is 18.1 Å². The first-order chi connectivity index (χ1) is 23.9. The van der Waals surface area contributed by atoms with Gasteiger partial charge in [-0.1, -0.05) is 116 Å². The van der Waals surface area contributed by atoms with E-state index in [1.165, 1.54) is 4.70 Å². The number of thioether (sulfide) groups is 1. The molecule has 0 amide bonds. The lowest BCUT2D eigenvalue weighted by Gasteiger charge is -2.41. The van der Waals surface area contributed by atoms with Gasteiger partial charge in [-0.15, -0.1) is 11.3 Å². The third kappa shape index (κ3) is 7.81. The quantitative estimate of drug-likeness (QED) is 0.130. The van der Waals surface area contributed by atoms with Crippen LogP contribution in [0.15, 0.2) is 137 Å². The fourth-order valence-electron chi connectivity index (χ4n) is 5.93. The van der Waals surface area contributed by atoms with Crippen molar-refractivity contribution in [3.8, 4) is 11.1 Å². The predicted molar refractivity (Wildman–Crippen MR) is 196 cm³/mol. The van der Waals surface area contributed by atoms with E-state index >= 15 is 0 Å². The summed E-state index contributed by atoms with van der Waals surface area (Å²) in [5, 5.41) is 9.59. The van der Waals surface area contributed by atoms with Crippen molar-refractivity contribution in [2.24, 2.45) is 5.92 Å². The molecule has 0 spiro atoms. The Morgan fingerprint density at radius 3 is 2.29 bits per heavy atom. The highest BCUT2D eigenvalue weighted by molar-refractivity contribution is 8.01. The van der Waals surface area contributed by atoms with Crippen LogP contribution in [0.1, 0.15) is 41.6 Å². The van der Waals surface area contributed by atoms with Crippen molar-refractivity contribution in [1.29, 1.82) is 0 Å². The van der Waals surface area contributed by atoms with Crippen LogP contribution in [0.4, 0.5) is 0 Å². The lowest BCUT2D eigenvalue weighted by molar-refractivity contribution is -0.268. The average molecular weight is 709 g/mol. The number of hydrogen-bond acceptors (Lipinski definition) is 8. The molecule has 1 saturated heterocycles. The van der Waals surface area contributed by atoms with E-state index < -0.39 is 16.3 Å². The summed E-state index contributed by atoms with van der Waals surface area (Å²) in [6.07, 6.45) is -0.884. The highest BCUT2D eigenvalue weighted by Gasteiger charge is 2.38. The zero-order valence-electron chi connectivity index (χ0n) is 26.8. The zero-order valence-corrected chi connectivity index (χ0v) is 29.3. The number of nitrogens with one attached hydrogen (secondary N) is 1. The summed E-state index contributed by atoms with van der Waals surface area (Å²) in [7, 11) is -3.61. The number of ether oxygens (including phenoxy) is 2. The van der Waals surface area contributed by atoms with Crippen molar-refractivity contribution in [2.75, 3.05) is 5.75 Å². The Morgan fingerprint density at radius 2 is 1.53 bits per heavy atom. The Labute approximate surface area is 295 Å². The van der Waals surface area contributed by atoms with Gasteiger partial charge in [0.15, 0.2) is 10.6 Å². The van der Waals surface area contributed by atoms with E-state index in [1.807, 2.05) is 91.0 Å². The van der Waals surface area contributed by atoms with E-state index in [9.17, 15) is 13.5 Å². The molecule has 10 heteroatoms. The number of aliphatic hydroxyl groups is 1. The Hall–Kier alpha value is -3.87. The Morgan fingerprint density at radius 1 is 0.796 bits per heavy atom. The van der Waals surface area contributed by atoms with Crippen molar-refractivity contribution in [3.05, 3.63) is 150 Å². The maximum Gasteiger partial charge on any atom is 0.240 e. The molecule has 7 nitrogen and oxygen atoms in total. The first-order valence-electron chi connectivity index (χ1n) is 16.1. The van der Waals surface area contributed by atoms with Crippen LogP contribution < -0.4 is 4.72 Å². The highest BCUT2D eigenvalue weighted by atomic mass is 32.2. The van der Waals surface area contributed by atoms with Crippen molar-refractivity contribution in [3.63, 3.8) is 0 Å². The van der Waals surface area contributed by atoms with Crippen LogP contribution in [0.3, 0.4) is 0 Å².